The van der Waals surface area contributed by atoms with Gasteiger partial charge in [-0.3, -0.25) is 0 Å². The highest BCUT2D eigenvalue weighted by Crippen LogP contribution is 2.05. The Morgan fingerprint density at radius 3 is 1.89 bits per heavy atom. The molecule has 0 spiro atoms. The zero-order valence-corrected chi connectivity index (χ0v) is 12.8. The van der Waals surface area contributed by atoms with E-state index in [2.05, 4.69) is 26.0 Å². The summed E-state index contributed by atoms with van der Waals surface area (Å²) in [6, 6.07) is 0. The van der Waals surface area contributed by atoms with Crippen molar-refractivity contribution >= 4 is 0 Å². The van der Waals surface area contributed by atoms with Gasteiger partial charge in [0.2, 0.25) is 0 Å². The zero-order chi connectivity index (χ0) is 13.3. The molecular weight excluding hydrogens is 220 g/mol. The molecule has 0 atom stereocenters. The Balaban J connectivity index is 2.94. The summed E-state index contributed by atoms with van der Waals surface area (Å²) in [5.74, 6) is 0. The summed E-state index contributed by atoms with van der Waals surface area (Å²) in [4.78, 5) is 0. The lowest BCUT2D eigenvalue weighted by Gasteiger charge is -2.03. The Morgan fingerprint density at radius 1 is 0.611 bits per heavy atom. The largest absolute Gasteiger partial charge is 0.381 e. The van der Waals surface area contributed by atoms with Gasteiger partial charge in [0.15, 0.2) is 0 Å². The zero-order valence-electron chi connectivity index (χ0n) is 12.8. The predicted molar refractivity (Wildman–Crippen MR) is 82.1 cm³/mol. The number of hydrogen-bond acceptors (Lipinski definition) is 1. The first-order chi connectivity index (χ1) is 8.91. The van der Waals surface area contributed by atoms with Crippen LogP contribution in [0.15, 0.2) is 12.2 Å². The van der Waals surface area contributed by atoms with Gasteiger partial charge in [0.25, 0.3) is 0 Å². The van der Waals surface area contributed by atoms with Crippen LogP contribution in [0.2, 0.25) is 0 Å². The standard InChI is InChI=1S/C17H34O/c1-3-5-7-9-10-11-12-13-15-17-18-16-14-8-6-4-2/h7,9H,3-6,8,10-17H2,1-2H3. The minimum Gasteiger partial charge on any atom is -0.381 e. The van der Waals surface area contributed by atoms with Crippen LogP contribution in [0.25, 0.3) is 0 Å². The van der Waals surface area contributed by atoms with Gasteiger partial charge in [-0.05, 0) is 32.1 Å². The molecule has 0 aliphatic rings. The second-order valence-electron chi connectivity index (χ2n) is 5.14. The highest BCUT2D eigenvalue weighted by Gasteiger charge is 1.91. The highest BCUT2D eigenvalue weighted by molar-refractivity contribution is 4.80. The average molecular weight is 254 g/mol. The lowest BCUT2D eigenvalue weighted by molar-refractivity contribution is 0.126. The van der Waals surface area contributed by atoms with Gasteiger partial charge in [-0.25, -0.2) is 0 Å². The maximum atomic E-state index is 5.63. The minimum absolute atomic E-state index is 0.970. The van der Waals surface area contributed by atoms with Crippen LogP contribution in [0.3, 0.4) is 0 Å². The van der Waals surface area contributed by atoms with E-state index in [-0.39, 0.29) is 0 Å². The van der Waals surface area contributed by atoms with Gasteiger partial charge >= 0.3 is 0 Å². The van der Waals surface area contributed by atoms with Crippen molar-refractivity contribution < 1.29 is 4.74 Å². The van der Waals surface area contributed by atoms with Gasteiger partial charge in [0.1, 0.15) is 0 Å². The van der Waals surface area contributed by atoms with E-state index in [1.165, 1.54) is 70.6 Å². The Morgan fingerprint density at radius 2 is 1.22 bits per heavy atom. The SMILES string of the molecule is CCCC=CCCCCCCOCCCCCC. The molecule has 0 rings (SSSR count). The van der Waals surface area contributed by atoms with Crippen molar-refractivity contribution in [1.29, 1.82) is 0 Å². The maximum absolute atomic E-state index is 5.63. The van der Waals surface area contributed by atoms with Crippen molar-refractivity contribution in [1.82, 2.24) is 0 Å². The first-order valence-electron chi connectivity index (χ1n) is 8.14. The van der Waals surface area contributed by atoms with Crippen molar-refractivity contribution in [2.75, 3.05) is 13.2 Å². The van der Waals surface area contributed by atoms with E-state index in [0.29, 0.717) is 0 Å². The van der Waals surface area contributed by atoms with Gasteiger partial charge in [0, 0.05) is 13.2 Å². The van der Waals surface area contributed by atoms with E-state index in [9.17, 15) is 0 Å². The van der Waals surface area contributed by atoms with E-state index < -0.39 is 0 Å². The molecule has 0 N–H and O–H groups in total. The van der Waals surface area contributed by atoms with E-state index in [1.54, 1.807) is 0 Å². The van der Waals surface area contributed by atoms with E-state index in [0.717, 1.165) is 13.2 Å². The van der Waals surface area contributed by atoms with Crippen LogP contribution in [0.1, 0.15) is 84.5 Å². The lowest BCUT2D eigenvalue weighted by Crippen LogP contribution is -1.97. The molecule has 0 aromatic carbocycles. The normalized spacial score (nSPS) is 11.4. The fraction of sp³-hybridized carbons (Fsp3) is 0.882. The fourth-order valence-electron chi connectivity index (χ4n) is 1.96. The molecule has 1 heteroatoms. The summed E-state index contributed by atoms with van der Waals surface area (Å²) in [5.41, 5.74) is 0. The molecule has 0 unspecified atom stereocenters. The van der Waals surface area contributed by atoms with Crippen LogP contribution < -0.4 is 0 Å². The molecule has 0 heterocycles. The molecule has 0 aliphatic heterocycles. The Hall–Kier alpha value is -0.300. The lowest BCUT2D eigenvalue weighted by atomic mass is 10.1. The van der Waals surface area contributed by atoms with Crippen LogP contribution in [-0.2, 0) is 4.74 Å². The second kappa shape index (κ2) is 16.7. The van der Waals surface area contributed by atoms with E-state index in [1.807, 2.05) is 0 Å². The molecule has 0 bridgehead atoms. The smallest absolute Gasteiger partial charge is 0.0466 e. The summed E-state index contributed by atoms with van der Waals surface area (Å²) >= 11 is 0. The molecular formula is C17H34O. The fourth-order valence-corrected chi connectivity index (χ4v) is 1.96. The second-order valence-corrected chi connectivity index (χ2v) is 5.14. The first-order valence-corrected chi connectivity index (χ1v) is 8.14. The van der Waals surface area contributed by atoms with E-state index in [4.69, 9.17) is 4.74 Å². The summed E-state index contributed by atoms with van der Waals surface area (Å²) in [7, 11) is 0. The quantitative estimate of drug-likeness (QED) is 0.277. The third-order valence-corrected chi connectivity index (χ3v) is 3.17. The molecule has 0 saturated heterocycles. The average Bonchev–Trinajstić information content (AvgIpc) is 2.39. The van der Waals surface area contributed by atoms with Crippen LogP contribution >= 0.6 is 0 Å². The number of unbranched alkanes of at least 4 members (excludes halogenated alkanes) is 8. The molecule has 0 fully saturated rings. The molecule has 0 aromatic heterocycles. The van der Waals surface area contributed by atoms with Crippen molar-refractivity contribution in [3.8, 4) is 0 Å². The van der Waals surface area contributed by atoms with E-state index >= 15 is 0 Å². The molecule has 0 radical (unpaired) electrons. The first kappa shape index (κ1) is 17.7. The van der Waals surface area contributed by atoms with Gasteiger partial charge in [-0.1, -0.05) is 64.5 Å². The van der Waals surface area contributed by atoms with Gasteiger partial charge < -0.3 is 4.74 Å². The van der Waals surface area contributed by atoms with Crippen molar-refractivity contribution in [3.05, 3.63) is 12.2 Å². The summed E-state index contributed by atoms with van der Waals surface area (Å²) < 4.78 is 5.63. The summed E-state index contributed by atoms with van der Waals surface area (Å²) in [5, 5.41) is 0. The Labute approximate surface area is 115 Å². The summed E-state index contributed by atoms with van der Waals surface area (Å²) in [6.45, 7) is 6.42. The highest BCUT2D eigenvalue weighted by atomic mass is 16.5. The molecule has 0 saturated carbocycles. The van der Waals surface area contributed by atoms with Crippen molar-refractivity contribution in [2.24, 2.45) is 0 Å². The van der Waals surface area contributed by atoms with Gasteiger partial charge in [-0.2, -0.15) is 0 Å². The summed E-state index contributed by atoms with van der Waals surface area (Å²) in [6.07, 6.45) is 19.0. The topological polar surface area (TPSA) is 9.23 Å². The van der Waals surface area contributed by atoms with Crippen LogP contribution in [-0.4, -0.2) is 13.2 Å². The molecule has 0 aromatic rings. The Bertz CT molecular complexity index is 163. The molecule has 0 amide bonds. The third-order valence-electron chi connectivity index (χ3n) is 3.17. The van der Waals surface area contributed by atoms with Gasteiger partial charge in [-0.15, -0.1) is 0 Å². The number of ether oxygens (including phenoxy) is 1. The monoisotopic (exact) mass is 254 g/mol. The maximum Gasteiger partial charge on any atom is 0.0466 e. The predicted octanol–water partition coefficient (Wildman–Crippen LogP) is 5.89. The number of rotatable bonds is 14. The Kier molecular flexibility index (Phi) is 16.4. The molecule has 18 heavy (non-hydrogen) atoms. The third kappa shape index (κ3) is 15.7. The number of allylic oxidation sites excluding steroid dienone is 2. The van der Waals surface area contributed by atoms with Crippen molar-refractivity contribution in [2.45, 2.75) is 84.5 Å². The van der Waals surface area contributed by atoms with Crippen LogP contribution in [0.5, 0.6) is 0 Å². The minimum atomic E-state index is 0.970. The van der Waals surface area contributed by atoms with Crippen LogP contribution in [0, 0.1) is 0 Å². The molecule has 0 aliphatic carbocycles. The number of hydrogen-bond donors (Lipinski definition) is 0. The van der Waals surface area contributed by atoms with Crippen molar-refractivity contribution in [3.63, 3.8) is 0 Å². The molecule has 108 valence electrons. The molecule has 1 nitrogen and oxygen atoms in total. The van der Waals surface area contributed by atoms with Gasteiger partial charge in [0.05, 0.1) is 0 Å². The van der Waals surface area contributed by atoms with Crippen LogP contribution in [0.4, 0.5) is 0 Å².